The Morgan fingerprint density at radius 1 is 1.19 bits per heavy atom. The maximum Gasteiger partial charge on any atom is 0.326 e. The van der Waals surface area contributed by atoms with Gasteiger partial charge in [0.05, 0.1) is 0 Å². The molecule has 0 fully saturated rings. The number of hydrogen-bond acceptors (Lipinski definition) is 3. The minimum Gasteiger partial charge on any atom is -0.481 e. The van der Waals surface area contributed by atoms with Crippen molar-refractivity contribution in [3.8, 4) is 0 Å². The molecule has 0 aliphatic carbocycles. The van der Waals surface area contributed by atoms with Crippen molar-refractivity contribution in [2.45, 2.75) is 25.8 Å². The smallest absolute Gasteiger partial charge is 0.326 e. The lowest BCUT2D eigenvalue weighted by atomic mass is 10.1. The van der Waals surface area contributed by atoms with Crippen LogP contribution in [0.25, 0.3) is 6.08 Å². The van der Waals surface area contributed by atoms with Crippen LogP contribution in [0.1, 0.15) is 24.0 Å². The first-order valence-corrected chi connectivity index (χ1v) is 6.38. The molecule has 1 unspecified atom stereocenters. The van der Waals surface area contributed by atoms with Gasteiger partial charge in [0.1, 0.15) is 6.04 Å². The highest BCUT2D eigenvalue weighted by Gasteiger charge is 2.19. The van der Waals surface area contributed by atoms with E-state index in [2.05, 4.69) is 5.32 Å². The highest BCUT2D eigenvalue weighted by atomic mass is 16.4. The van der Waals surface area contributed by atoms with Gasteiger partial charge in [0.25, 0.3) is 0 Å². The standard InChI is InChI=1S/C15H17NO5/c1-10-2-4-11(5-3-10)6-8-13(17)16-12(15(20)21)7-9-14(18)19/h2-6,8,12H,7,9H2,1H3,(H,16,17)(H,18,19)(H,20,21). The van der Waals surface area contributed by atoms with Crippen molar-refractivity contribution in [2.24, 2.45) is 0 Å². The van der Waals surface area contributed by atoms with E-state index in [1.165, 1.54) is 6.08 Å². The van der Waals surface area contributed by atoms with Gasteiger partial charge in [-0.2, -0.15) is 0 Å². The third-order valence-electron chi connectivity index (χ3n) is 2.77. The number of aliphatic carboxylic acids is 2. The largest absolute Gasteiger partial charge is 0.481 e. The summed E-state index contributed by atoms with van der Waals surface area (Å²) >= 11 is 0. The van der Waals surface area contributed by atoms with E-state index in [1.807, 2.05) is 31.2 Å². The van der Waals surface area contributed by atoms with E-state index in [-0.39, 0.29) is 12.8 Å². The number of carboxylic acids is 2. The van der Waals surface area contributed by atoms with Crippen LogP contribution in [0.4, 0.5) is 0 Å². The number of nitrogens with one attached hydrogen (secondary N) is 1. The fourth-order valence-electron chi connectivity index (χ4n) is 1.59. The van der Waals surface area contributed by atoms with E-state index in [9.17, 15) is 14.4 Å². The molecule has 6 heteroatoms. The molecule has 1 aromatic carbocycles. The molecule has 21 heavy (non-hydrogen) atoms. The van der Waals surface area contributed by atoms with Crippen LogP contribution < -0.4 is 5.32 Å². The predicted molar refractivity (Wildman–Crippen MR) is 76.6 cm³/mol. The van der Waals surface area contributed by atoms with Crippen molar-refractivity contribution in [2.75, 3.05) is 0 Å². The zero-order valence-electron chi connectivity index (χ0n) is 11.6. The Morgan fingerprint density at radius 2 is 1.81 bits per heavy atom. The SMILES string of the molecule is Cc1ccc(C=CC(=O)NC(CCC(=O)O)C(=O)O)cc1. The zero-order chi connectivity index (χ0) is 15.8. The van der Waals surface area contributed by atoms with Crippen molar-refractivity contribution in [1.29, 1.82) is 0 Å². The number of rotatable bonds is 7. The maximum absolute atomic E-state index is 11.6. The van der Waals surface area contributed by atoms with Crippen molar-refractivity contribution in [3.63, 3.8) is 0 Å². The number of carboxylic acid groups (broad SMARTS) is 2. The fourth-order valence-corrected chi connectivity index (χ4v) is 1.59. The van der Waals surface area contributed by atoms with Gasteiger partial charge in [-0.15, -0.1) is 0 Å². The number of carbonyl (C=O) groups is 3. The minimum absolute atomic E-state index is 0.158. The van der Waals surface area contributed by atoms with Gasteiger partial charge in [-0.05, 0) is 25.0 Å². The molecule has 1 aromatic rings. The van der Waals surface area contributed by atoms with Crippen LogP contribution in [0.2, 0.25) is 0 Å². The van der Waals surface area contributed by atoms with E-state index >= 15 is 0 Å². The van der Waals surface area contributed by atoms with Crippen LogP contribution in [-0.4, -0.2) is 34.1 Å². The molecule has 0 spiro atoms. The number of hydrogen-bond donors (Lipinski definition) is 3. The Bertz CT molecular complexity index is 548. The summed E-state index contributed by atoms with van der Waals surface area (Å²) in [5.41, 5.74) is 1.91. The van der Waals surface area contributed by atoms with Gasteiger partial charge < -0.3 is 15.5 Å². The molecule has 0 saturated carbocycles. The molecule has 1 rings (SSSR count). The summed E-state index contributed by atoms with van der Waals surface area (Å²) in [5.74, 6) is -2.94. The normalized spacial score (nSPS) is 12.0. The molecule has 6 nitrogen and oxygen atoms in total. The highest BCUT2D eigenvalue weighted by molar-refractivity contribution is 5.94. The first kappa shape index (κ1) is 16.4. The number of aryl methyl sites for hydroxylation is 1. The lowest BCUT2D eigenvalue weighted by Crippen LogP contribution is -2.40. The molecule has 0 aliphatic rings. The molecule has 1 atom stereocenters. The van der Waals surface area contributed by atoms with Gasteiger partial charge in [0, 0.05) is 12.5 Å². The summed E-state index contributed by atoms with van der Waals surface area (Å²) in [7, 11) is 0. The highest BCUT2D eigenvalue weighted by Crippen LogP contribution is 2.05. The topological polar surface area (TPSA) is 104 Å². The van der Waals surface area contributed by atoms with E-state index < -0.39 is 23.9 Å². The van der Waals surface area contributed by atoms with Gasteiger partial charge >= 0.3 is 11.9 Å². The lowest BCUT2D eigenvalue weighted by molar-refractivity contribution is -0.142. The van der Waals surface area contributed by atoms with E-state index in [4.69, 9.17) is 10.2 Å². The monoisotopic (exact) mass is 291 g/mol. The van der Waals surface area contributed by atoms with Gasteiger partial charge in [0.15, 0.2) is 0 Å². The van der Waals surface area contributed by atoms with Crippen molar-refractivity contribution in [1.82, 2.24) is 5.32 Å². The molecular weight excluding hydrogens is 274 g/mol. The summed E-state index contributed by atoms with van der Waals surface area (Å²) in [6, 6.07) is 6.24. The molecule has 0 aromatic heterocycles. The predicted octanol–water partition coefficient (Wildman–Crippen LogP) is 1.44. The van der Waals surface area contributed by atoms with Crippen LogP contribution in [0.15, 0.2) is 30.3 Å². The Morgan fingerprint density at radius 3 is 2.33 bits per heavy atom. The van der Waals surface area contributed by atoms with Crippen LogP contribution >= 0.6 is 0 Å². The van der Waals surface area contributed by atoms with E-state index in [1.54, 1.807) is 6.08 Å². The average molecular weight is 291 g/mol. The molecule has 0 saturated heterocycles. The van der Waals surface area contributed by atoms with Gasteiger partial charge in [0.2, 0.25) is 5.91 Å². The van der Waals surface area contributed by atoms with Crippen molar-refractivity contribution < 1.29 is 24.6 Å². The van der Waals surface area contributed by atoms with Crippen molar-refractivity contribution in [3.05, 3.63) is 41.5 Å². The zero-order valence-corrected chi connectivity index (χ0v) is 11.6. The molecule has 3 N–H and O–H groups in total. The summed E-state index contributed by atoms with van der Waals surface area (Å²) in [5, 5.41) is 19.7. The fraction of sp³-hybridized carbons (Fsp3) is 0.267. The van der Waals surface area contributed by atoms with E-state index in [0.29, 0.717) is 0 Å². The summed E-state index contributed by atoms with van der Waals surface area (Å²) in [6.07, 6.45) is 2.31. The third kappa shape index (κ3) is 6.38. The molecule has 0 heterocycles. The second kappa shape index (κ2) is 7.84. The Labute approximate surface area is 122 Å². The quantitative estimate of drug-likeness (QED) is 0.659. The van der Waals surface area contributed by atoms with Crippen LogP contribution in [-0.2, 0) is 14.4 Å². The molecule has 1 amide bonds. The van der Waals surface area contributed by atoms with E-state index in [0.717, 1.165) is 11.1 Å². The number of amides is 1. The third-order valence-corrected chi connectivity index (χ3v) is 2.77. The molecule has 0 aliphatic heterocycles. The molecule has 112 valence electrons. The minimum atomic E-state index is -1.26. The van der Waals surface area contributed by atoms with Gasteiger partial charge in [-0.25, -0.2) is 4.79 Å². The Hall–Kier alpha value is -2.63. The summed E-state index contributed by atoms with van der Waals surface area (Å²) in [4.78, 5) is 33.0. The second-order valence-electron chi connectivity index (χ2n) is 4.58. The maximum atomic E-state index is 11.6. The second-order valence-corrected chi connectivity index (χ2v) is 4.58. The summed E-state index contributed by atoms with van der Waals surface area (Å²) < 4.78 is 0. The molecular formula is C15H17NO5. The van der Waals surface area contributed by atoms with Crippen LogP contribution in [0.5, 0.6) is 0 Å². The molecule has 0 bridgehead atoms. The Balaban J connectivity index is 2.59. The van der Waals surface area contributed by atoms with Gasteiger partial charge in [-0.1, -0.05) is 29.8 Å². The molecule has 0 radical (unpaired) electrons. The average Bonchev–Trinajstić information content (AvgIpc) is 2.42. The van der Waals surface area contributed by atoms with Crippen LogP contribution in [0.3, 0.4) is 0 Å². The van der Waals surface area contributed by atoms with Crippen molar-refractivity contribution >= 4 is 23.9 Å². The summed E-state index contributed by atoms with van der Waals surface area (Å²) in [6.45, 7) is 1.94. The number of benzene rings is 1. The van der Waals surface area contributed by atoms with Crippen LogP contribution in [0, 0.1) is 6.92 Å². The first-order chi connectivity index (χ1) is 9.88. The number of carbonyl (C=O) groups excluding carboxylic acids is 1. The first-order valence-electron chi connectivity index (χ1n) is 6.38. The van der Waals surface area contributed by atoms with Gasteiger partial charge in [-0.3, -0.25) is 9.59 Å². The lowest BCUT2D eigenvalue weighted by Gasteiger charge is -2.11. The Kier molecular flexibility index (Phi) is 6.13.